The summed E-state index contributed by atoms with van der Waals surface area (Å²) in [6, 6.07) is 9.54. The van der Waals surface area contributed by atoms with Gasteiger partial charge in [-0.05, 0) is 60.4 Å². The fourth-order valence-electron chi connectivity index (χ4n) is 3.33. The highest BCUT2D eigenvalue weighted by Gasteiger charge is 2.30. The van der Waals surface area contributed by atoms with Gasteiger partial charge in [-0.15, -0.1) is 0 Å². The Morgan fingerprint density at radius 3 is 2.25 bits per heavy atom. The standard InChI is InChI=1S/C23H31F3N2/c1-5-14-28(15-12-17(2)3)22-20(7-6-13-27-22)16-18(4)19-8-10-21(11-9-19)23(24,25)26/h6-11,13,17-18H,5,12,14-16H2,1-4H3. The smallest absolute Gasteiger partial charge is 0.356 e. The molecule has 1 unspecified atom stereocenters. The first kappa shape index (κ1) is 22.3. The molecule has 154 valence electrons. The number of anilines is 1. The van der Waals surface area contributed by atoms with Gasteiger partial charge in [0.1, 0.15) is 5.82 Å². The van der Waals surface area contributed by atoms with Crippen LogP contribution in [0.2, 0.25) is 0 Å². The molecule has 0 aliphatic heterocycles. The number of rotatable bonds is 9. The van der Waals surface area contributed by atoms with E-state index in [-0.39, 0.29) is 5.92 Å². The van der Waals surface area contributed by atoms with E-state index in [2.05, 4.69) is 43.6 Å². The van der Waals surface area contributed by atoms with Crippen molar-refractivity contribution in [2.75, 3.05) is 18.0 Å². The molecule has 0 spiro atoms. The van der Waals surface area contributed by atoms with Crippen molar-refractivity contribution in [3.8, 4) is 0 Å². The molecule has 0 N–H and O–H groups in total. The first-order valence-electron chi connectivity index (χ1n) is 10.1. The van der Waals surface area contributed by atoms with Crippen LogP contribution >= 0.6 is 0 Å². The molecule has 2 nitrogen and oxygen atoms in total. The van der Waals surface area contributed by atoms with Crippen LogP contribution in [0.4, 0.5) is 19.0 Å². The zero-order chi connectivity index (χ0) is 20.7. The number of nitrogens with zero attached hydrogens (tertiary/aromatic N) is 2. The number of aromatic nitrogens is 1. The van der Waals surface area contributed by atoms with Crippen LogP contribution in [0, 0.1) is 5.92 Å². The molecule has 1 aromatic carbocycles. The van der Waals surface area contributed by atoms with Crippen LogP contribution in [0.5, 0.6) is 0 Å². The first-order valence-corrected chi connectivity index (χ1v) is 10.1. The molecule has 28 heavy (non-hydrogen) atoms. The monoisotopic (exact) mass is 392 g/mol. The molecule has 0 aliphatic rings. The number of alkyl halides is 3. The zero-order valence-electron chi connectivity index (χ0n) is 17.3. The van der Waals surface area contributed by atoms with Crippen molar-refractivity contribution in [2.24, 2.45) is 5.92 Å². The number of halogens is 3. The summed E-state index contributed by atoms with van der Waals surface area (Å²) in [5.74, 6) is 1.74. The second-order valence-corrected chi connectivity index (χ2v) is 7.88. The second kappa shape index (κ2) is 9.94. The Hall–Kier alpha value is -2.04. The van der Waals surface area contributed by atoms with Gasteiger partial charge in [-0.25, -0.2) is 4.98 Å². The summed E-state index contributed by atoms with van der Waals surface area (Å²) in [6.07, 6.45) is 0.415. The summed E-state index contributed by atoms with van der Waals surface area (Å²) >= 11 is 0. The lowest BCUT2D eigenvalue weighted by molar-refractivity contribution is -0.137. The Morgan fingerprint density at radius 1 is 1.00 bits per heavy atom. The van der Waals surface area contributed by atoms with Gasteiger partial charge in [-0.1, -0.05) is 45.9 Å². The molecule has 2 aromatic rings. The average molecular weight is 393 g/mol. The minimum absolute atomic E-state index is 0.110. The molecule has 2 rings (SSSR count). The maximum absolute atomic E-state index is 12.8. The highest BCUT2D eigenvalue weighted by Crippen LogP contribution is 2.31. The van der Waals surface area contributed by atoms with Crippen LogP contribution < -0.4 is 4.90 Å². The van der Waals surface area contributed by atoms with Gasteiger partial charge in [0.2, 0.25) is 0 Å². The quantitative estimate of drug-likeness (QED) is 0.471. The predicted molar refractivity (Wildman–Crippen MR) is 110 cm³/mol. The lowest BCUT2D eigenvalue weighted by atomic mass is 9.93. The highest BCUT2D eigenvalue weighted by atomic mass is 19.4. The second-order valence-electron chi connectivity index (χ2n) is 7.88. The van der Waals surface area contributed by atoms with E-state index in [0.29, 0.717) is 5.92 Å². The van der Waals surface area contributed by atoms with Gasteiger partial charge >= 0.3 is 6.18 Å². The summed E-state index contributed by atoms with van der Waals surface area (Å²) in [6.45, 7) is 10.6. The van der Waals surface area contributed by atoms with Gasteiger partial charge in [0.05, 0.1) is 5.56 Å². The van der Waals surface area contributed by atoms with E-state index >= 15 is 0 Å². The van der Waals surface area contributed by atoms with E-state index in [1.807, 2.05) is 12.3 Å². The molecule has 0 saturated carbocycles. The Morgan fingerprint density at radius 2 is 1.68 bits per heavy atom. The maximum Gasteiger partial charge on any atom is 0.416 e. The SMILES string of the molecule is CCCN(CCC(C)C)c1ncccc1CC(C)c1ccc(C(F)(F)F)cc1. The zero-order valence-corrected chi connectivity index (χ0v) is 17.3. The summed E-state index contributed by atoms with van der Waals surface area (Å²) in [5, 5.41) is 0. The molecular formula is C23H31F3N2. The van der Waals surface area contributed by atoms with Crippen molar-refractivity contribution in [1.82, 2.24) is 4.98 Å². The molecule has 0 fully saturated rings. The molecule has 0 bridgehead atoms. The summed E-state index contributed by atoms with van der Waals surface area (Å²) in [7, 11) is 0. The van der Waals surface area contributed by atoms with Crippen LogP contribution in [0.25, 0.3) is 0 Å². The molecule has 0 saturated heterocycles. The molecule has 5 heteroatoms. The van der Waals surface area contributed by atoms with Crippen molar-refractivity contribution in [3.63, 3.8) is 0 Å². The fourth-order valence-corrected chi connectivity index (χ4v) is 3.33. The van der Waals surface area contributed by atoms with Crippen LogP contribution in [-0.4, -0.2) is 18.1 Å². The van der Waals surface area contributed by atoms with Gasteiger partial charge in [-0.2, -0.15) is 13.2 Å². The van der Waals surface area contributed by atoms with Gasteiger partial charge in [-0.3, -0.25) is 0 Å². The molecule has 0 radical (unpaired) electrons. The van der Waals surface area contributed by atoms with Crippen LogP contribution in [0.3, 0.4) is 0 Å². The summed E-state index contributed by atoms with van der Waals surface area (Å²) in [4.78, 5) is 6.99. The predicted octanol–water partition coefficient (Wildman–Crippen LogP) is 6.71. The van der Waals surface area contributed by atoms with E-state index < -0.39 is 11.7 Å². The van der Waals surface area contributed by atoms with Crippen molar-refractivity contribution in [3.05, 3.63) is 59.3 Å². The Kier molecular flexibility index (Phi) is 7.90. The minimum Gasteiger partial charge on any atom is -0.356 e. The van der Waals surface area contributed by atoms with E-state index in [0.717, 1.165) is 49.3 Å². The number of pyridine rings is 1. The van der Waals surface area contributed by atoms with E-state index in [9.17, 15) is 13.2 Å². The molecule has 1 aromatic heterocycles. The van der Waals surface area contributed by atoms with Crippen LogP contribution in [-0.2, 0) is 12.6 Å². The van der Waals surface area contributed by atoms with E-state index in [1.54, 1.807) is 12.1 Å². The first-order chi connectivity index (χ1) is 13.2. The van der Waals surface area contributed by atoms with E-state index in [4.69, 9.17) is 0 Å². The minimum atomic E-state index is -4.30. The lowest BCUT2D eigenvalue weighted by Crippen LogP contribution is -2.28. The number of benzene rings is 1. The van der Waals surface area contributed by atoms with Crippen molar-refractivity contribution >= 4 is 5.82 Å². The fraction of sp³-hybridized carbons (Fsp3) is 0.522. The topological polar surface area (TPSA) is 16.1 Å². The largest absolute Gasteiger partial charge is 0.416 e. The third-order valence-corrected chi connectivity index (χ3v) is 4.97. The van der Waals surface area contributed by atoms with Gasteiger partial charge in [0.15, 0.2) is 0 Å². The molecule has 0 aliphatic carbocycles. The summed E-state index contributed by atoms with van der Waals surface area (Å²) < 4.78 is 38.4. The van der Waals surface area contributed by atoms with Crippen LogP contribution in [0.15, 0.2) is 42.6 Å². The maximum atomic E-state index is 12.8. The number of hydrogen-bond donors (Lipinski definition) is 0. The van der Waals surface area contributed by atoms with Crippen molar-refractivity contribution < 1.29 is 13.2 Å². The third kappa shape index (κ3) is 6.25. The van der Waals surface area contributed by atoms with Crippen molar-refractivity contribution in [2.45, 2.75) is 59.1 Å². The molecule has 0 amide bonds. The Labute approximate surface area is 166 Å². The number of hydrogen-bond acceptors (Lipinski definition) is 2. The van der Waals surface area contributed by atoms with Crippen molar-refractivity contribution in [1.29, 1.82) is 0 Å². The third-order valence-electron chi connectivity index (χ3n) is 4.97. The lowest BCUT2D eigenvalue weighted by Gasteiger charge is -2.27. The van der Waals surface area contributed by atoms with Crippen LogP contribution in [0.1, 0.15) is 63.1 Å². The van der Waals surface area contributed by atoms with Gasteiger partial charge < -0.3 is 4.90 Å². The van der Waals surface area contributed by atoms with E-state index in [1.165, 1.54) is 12.1 Å². The normalized spacial score (nSPS) is 13.0. The Bertz CT molecular complexity index is 723. The molecule has 1 atom stereocenters. The summed E-state index contributed by atoms with van der Waals surface area (Å²) in [5.41, 5.74) is 1.45. The molecular weight excluding hydrogens is 361 g/mol. The highest BCUT2D eigenvalue weighted by molar-refractivity contribution is 5.47. The Balaban J connectivity index is 2.19. The average Bonchev–Trinajstić information content (AvgIpc) is 2.65. The van der Waals surface area contributed by atoms with Gasteiger partial charge in [0, 0.05) is 19.3 Å². The molecule has 1 heterocycles. The van der Waals surface area contributed by atoms with Gasteiger partial charge in [0.25, 0.3) is 0 Å².